The van der Waals surface area contributed by atoms with E-state index in [0.717, 1.165) is 31.8 Å². The number of nitrogens with zero attached hydrogens (tertiary/aromatic N) is 1. The van der Waals surface area contributed by atoms with Gasteiger partial charge in [0.15, 0.2) is 0 Å². The number of carboxylic acid groups (broad SMARTS) is 1. The summed E-state index contributed by atoms with van der Waals surface area (Å²) in [6.07, 6.45) is 9.45. The van der Waals surface area contributed by atoms with Crippen molar-refractivity contribution in [3.63, 3.8) is 0 Å². The zero-order chi connectivity index (χ0) is 17.8. The number of amides is 1. The molecular weight excluding hydrogens is 318 g/mol. The lowest BCUT2D eigenvalue weighted by molar-refractivity contribution is -0.146. The van der Waals surface area contributed by atoms with E-state index in [2.05, 4.69) is 6.92 Å². The zero-order valence-electron chi connectivity index (χ0n) is 15.5. The quantitative estimate of drug-likeness (QED) is 0.825. The Morgan fingerprint density at radius 1 is 1.08 bits per heavy atom. The summed E-state index contributed by atoms with van der Waals surface area (Å²) in [4.78, 5) is 26.0. The van der Waals surface area contributed by atoms with Gasteiger partial charge in [-0.3, -0.25) is 9.59 Å². The first kappa shape index (κ1) is 18.7. The van der Waals surface area contributed by atoms with Crippen LogP contribution in [0.4, 0.5) is 0 Å². The van der Waals surface area contributed by atoms with Gasteiger partial charge in [-0.1, -0.05) is 39.0 Å². The van der Waals surface area contributed by atoms with Crippen molar-refractivity contribution in [1.82, 2.24) is 4.90 Å². The molecule has 3 fully saturated rings. The highest BCUT2D eigenvalue weighted by Crippen LogP contribution is 2.35. The number of carbonyl (C=O) groups excluding carboxylic acids is 1. The number of likely N-dealkylation sites (tertiary alicyclic amines) is 1. The van der Waals surface area contributed by atoms with Gasteiger partial charge < -0.3 is 14.7 Å². The average Bonchev–Trinajstić information content (AvgIpc) is 3.12. The van der Waals surface area contributed by atoms with Crippen molar-refractivity contribution in [2.24, 2.45) is 23.7 Å². The highest BCUT2D eigenvalue weighted by molar-refractivity contribution is 5.76. The Balaban J connectivity index is 1.45. The average molecular weight is 351 g/mol. The molecule has 0 aromatic rings. The van der Waals surface area contributed by atoms with Crippen LogP contribution in [0, 0.1) is 23.7 Å². The molecule has 3 rings (SSSR count). The zero-order valence-corrected chi connectivity index (χ0v) is 15.5. The van der Waals surface area contributed by atoms with Gasteiger partial charge in [-0.25, -0.2) is 0 Å². The fourth-order valence-electron chi connectivity index (χ4n) is 5.09. The predicted octanol–water partition coefficient (Wildman–Crippen LogP) is 3.32. The molecule has 1 saturated carbocycles. The second-order valence-electron chi connectivity index (χ2n) is 8.37. The number of hydrogen-bond acceptors (Lipinski definition) is 3. The molecule has 2 unspecified atom stereocenters. The maximum Gasteiger partial charge on any atom is 0.309 e. The van der Waals surface area contributed by atoms with E-state index < -0.39 is 5.97 Å². The molecule has 2 saturated heterocycles. The van der Waals surface area contributed by atoms with Crippen LogP contribution < -0.4 is 0 Å². The summed E-state index contributed by atoms with van der Waals surface area (Å²) in [6.45, 7) is 4.31. The van der Waals surface area contributed by atoms with Gasteiger partial charge >= 0.3 is 5.97 Å². The van der Waals surface area contributed by atoms with Crippen LogP contribution in [0.5, 0.6) is 0 Å². The van der Waals surface area contributed by atoms with Crippen LogP contribution >= 0.6 is 0 Å². The molecule has 3 aliphatic rings. The third kappa shape index (κ3) is 4.55. The minimum atomic E-state index is -0.734. The van der Waals surface area contributed by atoms with Crippen molar-refractivity contribution in [3.8, 4) is 0 Å². The van der Waals surface area contributed by atoms with E-state index in [1.54, 1.807) is 0 Å². The monoisotopic (exact) mass is 351 g/mol. The van der Waals surface area contributed by atoms with E-state index >= 15 is 0 Å². The molecule has 5 heteroatoms. The predicted molar refractivity (Wildman–Crippen MR) is 95.1 cm³/mol. The lowest BCUT2D eigenvalue weighted by atomic mass is 9.79. The number of ether oxygens (including phenoxy) is 1. The van der Waals surface area contributed by atoms with Crippen LogP contribution in [-0.2, 0) is 14.3 Å². The smallest absolute Gasteiger partial charge is 0.309 e. The maximum absolute atomic E-state index is 12.7. The van der Waals surface area contributed by atoms with E-state index in [4.69, 9.17) is 4.74 Å². The third-order valence-corrected chi connectivity index (χ3v) is 6.76. The van der Waals surface area contributed by atoms with E-state index in [1.165, 1.54) is 32.1 Å². The molecule has 142 valence electrons. The SMILES string of the molecule is CC(CC(=O)N1CCC([C@@H]2OCCC2C(=O)O)CC1)C1CCCCC1. The molecule has 0 radical (unpaired) electrons. The lowest BCUT2D eigenvalue weighted by Gasteiger charge is -2.36. The molecule has 1 aliphatic carbocycles. The molecule has 0 spiro atoms. The lowest BCUT2D eigenvalue weighted by Crippen LogP contribution is -2.43. The van der Waals surface area contributed by atoms with Crippen molar-refractivity contribution in [2.45, 2.75) is 70.8 Å². The molecule has 0 aromatic heterocycles. The summed E-state index contributed by atoms with van der Waals surface area (Å²) in [6, 6.07) is 0. The van der Waals surface area contributed by atoms with Gasteiger partial charge in [0.2, 0.25) is 5.91 Å². The van der Waals surface area contributed by atoms with E-state index in [9.17, 15) is 14.7 Å². The molecule has 2 aliphatic heterocycles. The van der Waals surface area contributed by atoms with Crippen LogP contribution in [0.2, 0.25) is 0 Å². The molecular formula is C20H33NO4. The van der Waals surface area contributed by atoms with Crippen LogP contribution in [0.1, 0.15) is 64.7 Å². The summed E-state index contributed by atoms with van der Waals surface area (Å²) in [5.74, 6) is 0.682. The second kappa shape index (κ2) is 8.52. The third-order valence-electron chi connectivity index (χ3n) is 6.76. The molecule has 5 nitrogen and oxygen atoms in total. The van der Waals surface area contributed by atoms with Crippen molar-refractivity contribution in [1.29, 1.82) is 0 Å². The van der Waals surface area contributed by atoms with Gasteiger partial charge in [0.05, 0.1) is 12.0 Å². The molecule has 0 bridgehead atoms. The summed E-state index contributed by atoms with van der Waals surface area (Å²) >= 11 is 0. The van der Waals surface area contributed by atoms with Gasteiger partial charge in [-0.15, -0.1) is 0 Å². The molecule has 1 amide bonds. The number of piperidine rings is 1. The Labute approximate surface area is 151 Å². The Morgan fingerprint density at radius 3 is 2.40 bits per heavy atom. The molecule has 25 heavy (non-hydrogen) atoms. The largest absolute Gasteiger partial charge is 0.481 e. The van der Waals surface area contributed by atoms with Crippen molar-refractivity contribution < 1.29 is 19.4 Å². The summed E-state index contributed by atoms with van der Waals surface area (Å²) in [5, 5.41) is 9.33. The Bertz CT molecular complexity index is 466. The molecule has 1 N–H and O–H groups in total. The first-order valence-electron chi connectivity index (χ1n) is 10.2. The molecule has 3 atom stereocenters. The fraction of sp³-hybridized carbons (Fsp3) is 0.900. The normalized spacial score (nSPS) is 30.4. The van der Waals surface area contributed by atoms with Crippen LogP contribution in [0.25, 0.3) is 0 Å². The Hall–Kier alpha value is -1.10. The van der Waals surface area contributed by atoms with Crippen molar-refractivity contribution in [2.75, 3.05) is 19.7 Å². The van der Waals surface area contributed by atoms with E-state index in [0.29, 0.717) is 31.3 Å². The Morgan fingerprint density at radius 2 is 1.76 bits per heavy atom. The number of hydrogen-bond donors (Lipinski definition) is 1. The summed E-state index contributed by atoms with van der Waals surface area (Å²) in [5.41, 5.74) is 0. The minimum Gasteiger partial charge on any atom is -0.481 e. The highest BCUT2D eigenvalue weighted by atomic mass is 16.5. The van der Waals surface area contributed by atoms with Gasteiger partial charge in [-0.2, -0.15) is 0 Å². The number of carboxylic acids is 1. The first-order valence-corrected chi connectivity index (χ1v) is 10.2. The van der Waals surface area contributed by atoms with Crippen LogP contribution in [0.15, 0.2) is 0 Å². The summed E-state index contributed by atoms with van der Waals surface area (Å²) < 4.78 is 5.72. The Kier molecular flexibility index (Phi) is 6.37. The van der Waals surface area contributed by atoms with E-state index in [-0.39, 0.29) is 17.9 Å². The standard InChI is InChI=1S/C20H33NO4/c1-14(15-5-3-2-4-6-15)13-18(22)21-10-7-16(8-11-21)19-17(20(23)24)9-12-25-19/h14-17,19H,2-13H2,1H3,(H,23,24)/t14?,17?,19-/m0/s1. The van der Waals surface area contributed by atoms with Crippen molar-refractivity contribution >= 4 is 11.9 Å². The fourth-order valence-corrected chi connectivity index (χ4v) is 5.09. The number of aliphatic carboxylic acids is 1. The number of carbonyl (C=O) groups is 2. The highest BCUT2D eigenvalue weighted by Gasteiger charge is 2.40. The van der Waals surface area contributed by atoms with E-state index in [1.807, 2.05) is 4.90 Å². The maximum atomic E-state index is 12.7. The van der Waals surface area contributed by atoms with Gasteiger partial charge in [0.25, 0.3) is 0 Å². The second-order valence-corrected chi connectivity index (χ2v) is 8.37. The first-order chi connectivity index (χ1) is 12.1. The molecule has 0 aromatic carbocycles. The summed E-state index contributed by atoms with van der Waals surface area (Å²) in [7, 11) is 0. The van der Waals surface area contributed by atoms with Gasteiger partial charge in [0.1, 0.15) is 0 Å². The minimum absolute atomic E-state index is 0.157. The topological polar surface area (TPSA) is 66.8 Å². The number of rotatable bonds is 5. The van der Waals surface area contributed by atoms with Gasteiger partial charge in [0, 0.05) is 26.1 Å². The molecule has 2 heterocycles. The van der Waals surface area contributed by atoms with Gasteiger partial charge in [-0.05, 0) is 37.0 Å². The van der Waals surface area contributed by atoms with Crippen LogP contribution in [0.3, 0.4) is 0 Å². The van der Waals surface area contributed by atoms with Crippen LogP contribution in [-0.4, -0.2) is 47.7 Å². The van der Waals surface area contributed by atoms with Crippen molar-refractivity contribution in [3.05, 3.63) is 0 Å².